The van der Waals surface area contributed by atoms with Crippen LogP contribution in [0.2, 0.25) is 0 Å². The molecule has 3 rings (SSSR count). The number of hydrogen-bond acceptors (Lipinski definition) is 12. The van der Waals surface area contributed by atoms with Gasteiger partial charge in [0.15, 0.2) is 24.1 Å². The van der Waals surface area contributed by atoms with Gasteiger partial charge < -0.3 is 29.8 Å². The fourth-order valence-corrected chi connectivity index (χ4v) is 3.78. The molecule has 0 amide bonds. The molecule has 1 saturated heterocycles. The predicted octanol–water partition coefficient (Wildman–Crippen LogP) is 1.91. The van der Waals surface area contributed by atoms with E-state index >= 15 is 0 Å². The van der Waals surface area contributed by atoms with Crippen LogP contribution in [0.4, 0.5) is 11.4 Å². The molecular weight excluding hydrogens is 502 g/mol. The first-order valence-electron chi connectivity index (χ1n) is 10.3. The average molecular weight is 523 g/mol. The van der Waals surface area contributed by atoms with Crippen LogP contribution in [-0.2, 0) is 33.3 Å². The lowest BCUT2D eigenvalue weighted by molar-refractivity contribution is -0.384. The highest BCUT2D eigenvalue weighted by Gasteiger charge is 2.51. The van der Waals surface area contributed by atoms with Crippen molar-refractivity contribution in [1.29, 1.82) is 0 Å². The summed E-state index contributed by atoms with van der Waals surface area (Å²) in [5.74, 6) is -2.79. The molecule has 1 fully saturated rings. The van der Waals surface area contributed by atoms with Gasteiger partial charge in [-0.3, -0.25) is 29.1 Å². The van der Waals surface area contributed by atoms with Crippen LogP contribution in [0.15, 0.2) is 28.4 Å². The monoisotopic (exact) mass is 523 g/mol. The van der Waals surface area contributed by atoms with Crippen LogP contribution in [0, 0.1) is 10.1 Å². The molecule has 4 atom stereocenters. The first-order chi connectivity index (χ1) is 16.9. The summed E-state index contributed by atoms with van der Waals surface area (Å²) in [6, 6.07) is 3.62. The molecule has 15 nitrogen and oxygen atoms in total. The van der Waals surface area contributed by atoms with E-state index in [0.29, 0.717) is 0 Å². The normalized spacial score (nSPS) is 21.4. The second kappa shape index (κ2) is 10.6. The molecule has 0 bridgehead atoms. The quantitative estimate of drug-likeness (QED) is 0.133. The van der Waals surface area contributed by atoms with Gasteiger partial charge in [0, 0.05) is 38.3 Å². The van der Waals surface area contributed by atoms with E-state index in [1.54, 1.807) is 0 Å². The number of benzene rings is 1. The molecule has 16 heteroatoms. The Balaban J connectivity index is 2.24. The predicted molar refractivity (Wildman–Crippen MR) is 123 cm³/mol. The molecule has 1 aliphatic heterocycles. The highest BCUT2D eigenvalue weighted by atomic mass is 32.1. The fourth-order valence-electron chi connectivity index (χ4n) is 3.74. The molecule has 1 aliphatic rings. The van der Waals surface area contributed by atoms with Gasteiger partial charge in [0.1, 0.15) is 12.7 Å². The number of fused-ring (bicyclic) bond motifs is 1. The SMILES string of the molecule is CC(=O)OC[C@H]1O[C@@H](n2c(O)c(N=NC(N)=S)c3ccc([N+](=O)[O-])cc32)[C@@H](OC(C)=O)[C@H]1OC(C)=O. The van der Waals surface area contributed by atoms with Gasteiger partial charge in [-0.05, 0) is 18.3 Å². The maximum absolute atomic E-state index is 11.9. The minimum atomic E-state index is -1.41. The summed E-state index contributed by atoms with van der Waals surface area (Å²) in [6.45, 7) is 2.97. The Bertz CT molecular complexity index is 1280. The fraction of sp³-hybridized carbons (Fsp3) is 0.400. The third-order valence-electron chi connectivity index (χ3n) is 4.99. The number of nitrogens with zero attached hydrogens (tertiary/aromatic N) is 4. The molecule has 1 aromatic heterocycles. The maximum Gasteiger partial charge on any atom is 0.303 e. The number of nitro groups is 1. The van der Waals surface area contributed by atoms with Crippen LogP contribution in [0.5, 0.6) is 5.88 Å². The molecule has 0 radical (unpaired) electrons. The summed E-state index contributed by atoms with van der Waals surface area (Å²) in [7, 11) is 0. The van der Waals surface area contributed by atoms with E-state index in [1.165, 1.54) is 12.1 Å². The van der Waals surface area contributed by atoms with Crippen molar-refractivity contribution in [3.8, 4) is 5.88 Å². The number of azo groups is 1. The van der Waals surface area contributed by atoms with Crippen molar-refractivity contribution in [2.45, 2.75) is 45.3 Å². The number of non-ortho nitro benzene ring substituents is 1. The third kappa shape index (κ3) is 5.55. The highest BCUT2D eigenvalue weighted by molar-refractivity contribution is 7.80. The lowest BCUT2D eigenvalue weighted by atomic mass is 10.1. The Kier molecular flexibility index (Phi) is 7.79. The summed E-state index contributed by atoms with van der Waals surface area (Å²) in [5.41, 5.74) is 4.90. The average Bonchev–Trinajstić information content (AvgIpc) is 3.23. The molecule has 36 heavy (non-hydrogen) atoms. The summed E-state index contributed by atoms with van der Waals surface area (Å²) in [6.07, 6.45) is -5.18. The zero-order valence-electron chi connectivity index (χ0n) is 19.1. The van der Waals surface area contributed by atoms with Crippen LogP contribution < -0.4 is 5.73 Å². The molecule has 0 aliphatic carbocycles. The minimum Gasteiger partial charge on any atom is -0.493 e. The minimum absolute atomic E-state index is 0.0375. The Morgan fingerprint density at radius 2 is 1.83 bits per heavy atom. The van der Waals surface area contributed by atoms with E-state index in [9.17, 15) is 29.6 Å². The molecule has 2 aromatic rings. The van der Waals surface area contributed by atoms with Gasteiger partial charge in [-0.2, -0.15) is 0 Å². The summed E-state index contributed by atoms with van der Waals surface area (Å²) < 4.78 is 22.7. The van der Waals surface area contributed by atoms with Gasteiger partial charge >= 0.3 is 17.9 Å². The van der Waals surface area contributed by atoms with Crippen molar-refractivity contribution in [2.75, 3.05) is 6.61 Å². The smallest absolute Gasteiger partial charge is 0.303 e. The van der Waals surface area contributed by atoms with Gasteiger partial charge in [0.25, 0.3) is 5.69 Å². The number of hydrogen-bond donors (Lipinski definition) is 2. The number of ether oxygens (including phenoxy) is 4. The molecule has 3 N–H and O–H groups in total. The highest BCUT2D eigenvalue weighted by Crippen LogP contribution is 2.46. The molecular formula is C20H21N5O10S. The maximum atomic E-state index is 11.9. The van der Waals surface area contributed by atoms with Crippen LogP contribution in [0.1, 0.15) is 27.0 Å². The lowest BCUT2D eigenvalue weighted by Gasteiger charge is -2.24. The molecule has 2 heterocycles. The van der Waals surface area contributed by atoms with E-state index in [0.717, 1.165) is 31.4 Å². The summed E-state index contributed by atoms with van der Waals surface area (Å²) in [4.78, 5) is 45.9. The van der Waals surface area contributed by atoms with Crippen molar-refractivity contribution < 1.29 is 43.4 Å². The second-order valence-electron chi connectivity index (χ2n) is 7.55. The third-order valence-corrected chi connectivity index (χ3v) is 5.07. The Morgan fingerprint density at radius 1 is 1.19 bits per heavy atom. The van der Waals surface area contributed by atoms with Crippen molar-refractivity contribution in [1.82, 2.24) is 4.57 Å². The van der Waals surface area contributed by atoms with Crippen LogP contribution in [0.3, 0.4) is 0 Å². The van der Waals surface area contributed by atoms with Gasteiger partial charge in [0.2, 0.25) is 11.0 Å². The van der Waals surface area contributed by atoms with E-state index in [1.807, 2.05) is 0 Å². The molecule has 0 spiro atoms. The van der Waals surface area contributed by atoms with Crippen molar-refractivity contribution >= 4 is 57.5 Å². The van der Waals surface area contributed by atoms with Crippen LogP contribution in [0.25, 0.3) is 10.9 Å². The number of aromatic nitrogens is 1. The van der Waals surface area contributed by atoms with Crippen molar-refractivity contribution in [2.24, 2.45) is 16.0 Å². The molecule has 192 valence electrons. The van der Waals surface area contributed by atoms with E-state index in [2.05, 4.69) is 22.4 Å². The topological polar surface area (TPSA) is 207 Å². The largest absolute Gasteiger partial charge is 0.493 e. The lowest BCUT2D eigenvalue weighted by Crippen LogP contribution is -2.40. The Morgan fingerprint density at radius 3 is 2.39 bits per heavy atom. The zero-order chi connectivity index (χ0) is 26.7. The number of aromatic hydroxyl groups is 1. The summed E-state index contributed by atoms with van der Waals surface area (Å²) >= 11 is 4.68. The zero-order valence-corrected chi connectivity index (χ0v) is 20.0. The van der Waals surface area contributed by atoms with Crippen LogP contribution in [-0.4, -0.2) is 62.5 Å². The first kappa shape index (κ1) is 26.4. The van der Waals surface area contributed by atoms with Crippen molar-refractivity contribution in [3.63, 3.8) is 0 Å². The standard InChI is InChI=1S/C20H21N5O10S/c1-8(26)32-7-14-16(33-9(2)27)17(34-10(3)28)19(35-14)24-13-6-11(25(30)31)4-5-12(13)15(18(24)29)22-23-20(21)36/h4-6,14,16-17,19,29H,7H2,1-3H3,(H2,21,36)/t14-,16+,17+,19-/m1/s1. The van der Waals surface area contributed by atoms with Gasteiger partial charge in [0.05, 0.1) is 10.4 Å². The van der Waals surface area contributed by atoms with Crippen LogP contribution >= 0.6 is 12.2 Å². The number of thiocarbonyl (C=S) groups is 1. The van der Waals surface area contributed by atoms with Crippen molar-refractivity contribution in [3.05, 3.63) is 28.3 Å². The number of esters is 3. The number of nitrogens with two attached hydrogens (primary N) is 1. The van der Waals surface area contributed by atoms with E-state index < -0.39 is 59.9 Å². The Hall–Kier alpha value is -4.18. The number of carbonyl (C=O) groups is 3. The Labute approximate surface area is 207 Å². The van der Waals surface area contributed by atoms with E-state index in [-0.39, 0.29) is 27.4 Å². The molecule has 1 aromatic carbocycles. The van der Waals surface area contributed by atoms with Gasteiger partial charge in [-0.15, -0.1) is 10.2 Å². The molecule has 0 saturated carbocycles. The van der Waals surface area contributed by atoms with Gasteiger partial charge in [-0.25, -0.2) is 0 Å². The second-order valence-corrected chi connectivity index (χ2v) is 7.97. The first-order valence-corrected chi connectivity index (χ1v) is 10.7. The van der Waals surface area contributed by atoms with E-state index in [4.69, 9.17) is 24.7 Å². The molecule has 0 unspecified atom stereocenters. The van der Waals surface area contributed by atoms with Gasteiger partial charge in [-0.1, -0.05) is 0 Å². The number of carbonyl (C=O) groups excluding carboxylic acids is 3. The summed E-state index contributed by atoms with van der Waals surface area (Å²) in [5, 5.41) is 29.7. The number of nitro benzene ring substituents is 1. The number of rotatable bonds is 7.